The second kappa shape index (κ2) is 13.4. The fourth-order valence-corrected chi connectivity index (χ4v) is 5.76. The SMILES string of the molecule is CC(C)NC(=O)[C@@H](C)N(CCc1ccccc1)C(=O)CN(c1ccc(Cl)c(C(F)(F)F)c1)S(=O)(=O)c1ccccc1. The van der Waals surface area contributed by atoms with E-state index in [-0.39, 0.29) is 17.5 Å². The molecule has 1 N–H and O–H groups in total. The number of carbonyl (C=O) groups excluding carboxylic acids is 2. The third kappa shape index (κ3) is 8.23. The van der Waals surface area contributed by atoms with Gasteiger partial charge in [0.05, 0.1) is 21.2 Å². The van der Waals surface area contributed by atoms with E-state index in [4.69, 9.17) is 11.6 Å². The maximum atomic E-state index is 13.8. The summed E-state index contributed by atoms with van der Waals surface area (Å²) in [5.41, 5.74) is -0.771. The Kier molecular flexibility index (Phi) is 10.4. The number of sulfonamides is 1. The Morgan fingerprint density at radius 2 is 1.51 bits per heavy atom. The molecule has 12 heteroatoms. The number of nitrogens with zero attached hydrogens (tertiary/aromatic N) is 2. The lowest BCUT2D eigenvalue weighted by molar-refractivity contribution is -0.139. The number of anilines is 1. The molecule has 0 aliphatic heterocycles. The number of hydrogen-bond acceptors (Lipinski definition) is 4. The number of rotatable bonds is 11. The first-order valence-electron chi connectivity index (χ1n) is 12.8. The van der Waals surface area contributed by atoms with Crippen LogP contribution in [-0.2, 0) is 32.2 Å². The molecule has 0 aromatic heterocycles. The molecule has 1 atom stereocenters. The third-order valence-electron chi connectivity index (χ3n) is 6.24. The zero-order valence-corrected chi connectivity index (χ0v) is 24.3. The van der Waals surface area contributed by atoms with Crippen molar-refractivity contribution in [3.05, 3.63) is 95.0 Å². The maximum absolute atomic E-state index is 13.8. The minimum Gasteiger partial charge on any atom is -0.352 e. The Morgan fingerprint density at radius 3 is 2.07 bits per heavy atom. The van der Waals surface area contributed by atoms with Crippen molar-refractivity contribution in [3.63, 3.8) is 0 Å². The van der Waals surface area contributed by atoms with Gasteiger partial charge in [-0.1, -0.05) is 60.1 Å². The number of benzene rings is 3. The zero-order valence-electron chi connectivity index (χ0n) is 22.7. The molecule has 0 saturated heterocycles. The molecule has 2 amide bonds. The molecular formula is C29H31ClF3N3O4S. The van der Waals surface area contributed by atoms with Gasteiger partial charge >= 0.3 is 6.18 Å². The highest BCUT2D eigenvalue weighted by atomic mass is 35.5. The molecule has 3 aromatic rings. The zero-order chi connectivity index (χ0) is 30.4. The third-order valence-corrected chi connectivity index (χ3v) is 8.35. The Hall–Kier alpha value is -3.57. The summed E-state index contributed by atoms with van der Waals surface area (Å²) in [6, 6.07) is 17.6. The van der Waals surface area contributed by atoms with Crippen LogP contribution in [0, 0.1) is 0 Å². The van der Waals surface area contributed by atoms with Crippen molar-refractivity contribution in [2.75, 3.05) is 17.4 Å². The molecule has 3 rings (SSSR count). The number of nitrogens with one attached hydrogen (secondary N) is 1. The van der Waals surface area contributed by atoms with Gasteiger partial charge in [0.25, 0.3) is 10.0 Å². The van der Waals surface area contributed by atoms with Crippen LogP contribution in [-0.4, -0.2) is 50.3 Å². The van der Waals surface area contributed by atoms with Crippen LogP contribution in [0.1, 0.15) is 31.9 Å². The van der Waals surface area contributed by atoms with E-state index < -0.39 is 56.9 Å². The molecule has 0 heterocycles. The van der Waals surface area contributed by atoms with Crippen LogP contribution >= 0.6 is 11.6 Å². The van der Waals surface area contributed by atoms with E-state index >= 15 is 0 Å². The van der Waals surface area contributed by atoms with Crippen LogP contribution in [0.5, 0.6) is 0 Å². The standard InChI is InChI=1S/C29H31ClF3N3O4S/c1-20(2)34-28(38)21(3)35(17-16-22-10-6-4-7-11-22)27(37)19-36(41(39,40)24-12-8-5-9-13-24)23-14-15-26(30)25(18-23)29(31,32)33/h4-15,18,20-21H,16-17,19H2,1-3H3,(H,34,38)/t21-/m1/s1. The van der Waals surface area contributed by atoms with Crippen LogP contribution in [0.3, 0.4) is 0 Å². The molecule has 0 aliphatic rings. The summed E-state index contributed by atoms with van der Waals surface area (Å²) in [6.45, 7) is 4.23. The van der Waals surface area contributed by atoms with Crippen molar-refractivity contribution >= 4 is 39.1 Å². The molecule has 0 spiro atoms. The molecule has 0 fully saturated rings. The van der Waals surface area contributed by atoms with E-state index in [1.807, 2.05) is 30.3 Å². The molecule has 0 saturated carbocycles. The first-order valence-corrected chi connectivity index (χ1v) is 14.6. The van der Waals surface area contributed by atoms with E-state index in [0.29, 0.717) is 16.8 Å². The van der Waals surface area contributed by atoms with Crippen molar-refractivity contribution < 1.29 is 31.2 Å². The average Bonchev–Trinajstić information content (AvgIpc) is 2.92. The van der Waals surface area contributed by atoms with Gasteiger partial charge in [-0.25, -0.2) is 8.42 Å². The van der Waals surface area contributed by atoms with Crippen LogP contribution in [0.15, 0.2) is 83.8 Å². The molecule has 3 aromatic carbocycles. The van der Waals surface area contributed by atoms with Crippen LogP contribution in [0.4, 0.5) is 18.9 Å². The monoisotopic (exact) mass is 609 g/mol. The van der Waals surface area contributed by atoms with Crippen LogP contribution in [0.2, 0.25) is 5.02 Å². The molecule has 0 radical (unpaired) electrons. The largest absolute Gasteiger partial charge is 0.417 e. The van der Waals surface area contributed by atoms with E-state index in [2.05, 4.69) is 5.32 Å². The Balaban J connectivity index is 2.06. The molecular weight excluding hydrogens is 579 g/mol. The first kappa shape index (κ1) is 32.0. The fourth-order valence-electron chi connectivity index (χ4n) is 4.11. The summed E-state index contributed by atoms with van der Waals surface area (Å²) in [4.78, 5) is 27.7. The van der Waals surface area contributed by atoms with Gasteiger partial charge in [0, 0.05) is 12.6 Å². The van der Waals surface area contributed by atoms with Crippen molar-refractivity contribution in [1.82, 2.24) is 10.2 Å². The number of alkyl halides is 3. The van der Waals surface area contributed by atoms with Crippen molar-refractivity contribution in [2.45, 2.75) is 50.3 Å². The summed E-state index contributed by atoms with van der Waals surface area (Å²) >= 11 is 5.78. The summed E-state index contributed by atoms with van der Waals surface area (Å²) < 4.78 is 69.1. The Bertz CT molecular complexity index is 1450. The molecule has 0 bridgehead atoms. The van der Waals surface area contributed by atoms with Gasteiger partial charge in [0.2, 0.25) is 11.8 Å². The summed E-state index contributed by atoms with van der Waals surface area (Å²) in [5, 5.41) is 2.13. The molecule has 220 valence electrons. The topological polar surface area (TPSA) is 86.8 Å². The molecule has 0 unspecified atom stereocenters. The fraction of sp³-hybridized carbons (Fsp3) is 0.310. The Morgan fingerprint density at radius 1 is 0.927 bits per heavy atom. The van der Waals surface area contributed by atoms with E-state index in [1.165, 1.54) is 36.1 Å². The second-order valence-corrected chi connectivity index (χ2v) is 11.9. The van der Waals surface area contributed by atoms with Gasteiger partial charge in [-0.2, -0.15) is 13.2 Å². The van der Waals surface area contributed by atoms with Gasteiger partial charge in [-0.3, -0.25) is 13.9 Å². The summed E-state index contributed by atoms with van der Waals surface area (Å²) in [6.07, 6.45) is -4.51. The van der Waals surface area contributed by atoms with Crippen molar-refractivity contribution in [1.29, 1.82) is 0 Å². The highest BCUT2D eigenvalue weighted by Crippen LogP contribution is 2.38. The van der Waals surface area contributed by atoms with Gasteiger partial charge in [-0.05, 0) is 63.1 Å². The minimum absolute atomic E-state index is 0.0587. The predicted octanol–water partition coefficient (Wildman–Crippen LogP) is 5.54. The number of carbonyl (C=O) groups is 2. The number of halogens is 4. The van der Waals surface area contributed by atoms with Gasteiger partial charge in [-0.15, -0.1) is 0 Å². The lowest BCUT2D eigenvalue weighted by Crippen LogP contribution is -2.53. The quantitative estimate of drug-likeness (QED) is 0.309. The number of amides is 2. The highest BCUT2D eigenvalue weighted by molar-refractivity contribution is 7.92. The highest BCUT2D eigenvalue weighted by Gasteiger charge is 2.36. The molecule has 0 aliphatic carbocycles. The summed E-state index contributed by atoms with van der Waals surface area (Å²) in [7, 11) is -4.52. The van der Waals surface area contributed by atoms with E-state index in [0.717, 1.165) is 17.7 Å². The van der Waals surface area contributed by atoms with Gasteiger partial charge < -0.3 is 10.2 Å². The normalized spacial score (nSPS) is 12.6. The number of hydrogen-bond donors (Lipinski definition) is 1. The first-order chi connectivity index (χ1) is 19.2. The van der Waals surface area contributed by atoms with Crippen LogP contribution < -0.4 is 9.62 Å². The summed E-state index contributed by atoms with van der Waals surface area (Å²) in [5.74, 6) is -1.22. The van der Waals surface area contributed by atoms with Crippen LogP contribution in [0.25, 0.3) is 0 Å². The Labute approximate surface area is 243 Å². The second-order valence-electron chi connectivity index (χ2n) is 9.65. The van der Waals surface area contributed by atoms with Gasteiger partial charge in [0.1, 0.15) is 12.6 Å². The van der Waals surface area contributed by atoms with Crippen molar-refractivity contribution in [2.24, 2.45) is 0 Å². The lowest BCUT2D eigenvalue weighted by Gasteiger charge is -2.32. The maximum Gasteiger partial charge on any atom is 0.417 e. The van der Waals surface area contributed by atoms with Gasteiger partial charge in [0.15, 0.2) is 0 Å². The predicted molar refractivity (Wildman–Crippen MR) is 152 cm³/mol. The minimum atomic E-state index is -4.87. The van der Waals surface area contributed by atoms with Crippen molar-refractivity contribution in [3.8, 4) is 0 Å². The van der Waals surface area contributed by atoms with E-state index in [1.54, 1.807) is 19.9 Å². The lowest BCUT2D eigenvalue weighted by atomic mass is 10.1. The molecule has 7 nitrogen and oxygen atoms in total. The average molecular weight is 610 g/mol. The smallest absolute Gasteiger partial charge is 0.352 e. The molecule has 41 heavy (non-hydrogen) atoms. The van der Waals surface area contributed by atoms with E-state index in [9.17, 15) is 31.2 Å².